The quantitative estimate of drug-likeness (QED) is 0.0600. The highest BCUT2D eigenvalue weighted by Crippen LogP contribution is 2.32. The molecule has 0 bridgehead atoms. The van der Waals surface area contributed by atoms with E-state index in [1.54, 1.807) is 12.1 Å². The fourth-order valence-corrected chi connectivity index (χ4v) is 8.01. The molecule has 0 aliphatic carbocycles. The maximum absolute atomic E-state index is 13.1. The summed E-state index contributed by atoms with van der Waals surface area (Å²) in [4.78, 5) is 50.2. The first kappa shape index (κ1) is 51.4. The van der Waals surface area contributed by atoms with Gasteiger partial charge in [-0.25, -0.2) is 4.79 Å². The number of carbonyl (C=O) groups excluding carboxylic acids is 3. The maximum atomic E-state index is 13.1. The van der Waals surface area contributed by atoms with Gasteiger partial charge in [0.25, 0.3) is 0 Å². The molecule has 16 heteroatoms. The van der Waals surface area contributed by atoms with Crippen LogP contribution >= 0.6 is 0 Å². The van der Waals surface area contributed by atoms with E-state index in [0.29, 0.717) is 47.7 Å². The fourth-order valence-electron chi connectivity index (χ4n) is 8.01. The van der Waals surface area contributed by atoms with E-state index in [9.17, 15) is 32.7 Å². The number of aromatic amines is 1. The van der Waals surface area contributed by atoms with Gasteiger partial charge in [0.05, 0.1) is 44.5 Å². The van der Waals surface area contributed by atoms with Gasteiger partial charge in [0, 0.05) is 54.0 Å². The number of hydrogen-bond donors (Lipinski definition) is 5. The number of piperidine rings is 1. The van der Waals surface area contributed by atoms with E-state index in [-0.39, 0.29) is 36.1 Å². The Labute approximate surface area is 398 Å². The molecule has 364 valence electrons. The van der Waals surface area contributed by atoms with Crippen LogP contribution in [0.1, 0.15) is 61.5 Å². The van der Waals surface area contributed by atoms with Gasteiger partial charge in [-0.05, 0) is 84.8 Å². The molecule has 1 saturated heterocycles. The maximum Gasteiger partial charge on any atom is 0.430 e. The van der Waals surface area contributed by atoms with Crippen LogP contribution in [0.25, 0.3) is 22.0 Å². The Morgan fingerprint density at radius 2 is 1.46 bits per heavy atom. The van der Waals surface area contributed by atoms with Crippen LogP contribution in [0, 0.1) is 0 Å². The number of nitrogens with zero attached hydrogens (tertiary/aromatic N) is 1. The van der Waals surface area contributed by atoms with Gasteiger partial charge < -0.3 is 44.6 Å². The van der Waals surface area contributed by atoms with Crippen LogP contribution in [0.5, 0.6) is 5.75 Å². The molecule has 1 atom stereocenters. The molecule has 0 radical (unpaired) electrons. The number of nitrogens with one attached hydrogen (secondary N) is 4. The highest BCUT2D eigenvalue weighted by atomic mass is 19.4. The van der Waals surface area contributed by atoms with E-state index in [2.05, 4.69) is 48.9 Å². The molecule has 1 fully saturated rings. The number of aliphatic carboxylic acids is 1. The van der Waals surface area contributed by atoms with E-state index in [0.717, 1.165) is 63.6 Å². The summed E-state index contributed by atoms with van der Waals surface area (Å²) in [6, 6.07) is 40.3. The van der Waals surface area contributed by atoms with E-state index in [1.165, 1.54) is 6.07 Å². The predicted molar refractivity (Wildman–Crippen MR) is 257 cm³/mol. The van der Waals surface area contributed by atoms with Crippen molar-refractivity contribution in [3.05, 3.63) is 160 Å². The number of aliphatic hydroxyl groups is 1. The number of benzene rings is 5. The minimum absolute atomic E-state index is 0.108. The lowest BCUT2D eigenvalue weighted by Crippen LogP contribution is -2.48. The van der Waals surface area contributed by atoms with Gasteiger partial charge in [-0.1, -0.05) is 91.0 Å². The number of β-amino-alcohol motifs (C(OH)–C–C–N with tert-alkyl or cyclic N) is 1. The number of rotatable bonds is 16. The van der Waals surface area contributed by atoms with Crippen molar-refractivity contribution in [2.45, 2.75) is 76.5 Å². The Kier molecular flexibility index (Phi) is 17.0. The molecule has 0 spiro atoms. The summed E-state index contributed by atoms with van der Waals surface area (Å²) >= 11 is 0. The van der Waals surface area contributed by atoms with Crippen molar-refractivity contribution < 1.29 is 51.7 Å². The number of hydrogen-bond acceptors (Lipinski definition) is 9. The molecule has 5 aromatic carbocycles. The second kappa shape index (κ2) is 22.9. The fraction of sp³-hybridized carbons (Fsp3) is 0.321. The second-order valence-corrected chi connectivity index (χ2v) is 18.4. The number of carbonyl (C=O) groups is 3. The average Bonchev–Trinajstić information content (AvgIpc) is 3.31. The summed E-state index contributed by atoms with van der Waals surface area (Å²) in [5.74, 6) is -2.58. The van der Waals surface area contributed by atoms with Crippen LogP contribution in [0.15, 0.2) is 132 Å². The third-order valence-corrected chi connectivity index (χ3v) is 11.8. The van der Waals surface area contributed by atoms with Crippen molar-refractivity contribution in [1.29, 1.82) is 0 Å². The van der Waals surface area contributed by atoms with E-state index < -0.39 is 24.3 Å². The summed E-state index contributed by atoms with van der Waals surface area (Å²) in [5.41, 5.74) is 6.84. The zero-order chi connectivity index (χ0) is 49.8. The van der Waals surface area contributed by atoms with Crippen LogP contribution in [-0.2, 0) is 33.8 Å². The van der Waals surface area contributed by atoms with Crippen molar-refractivity contribution in [2.24, 2.45) is 0 Å². The van der Waals surface area contributed by atoms with Crippen LogP contribution in [0.3, 0.4) is 0 Å². The summed E-state index contributed by atoms with van der Waals surface area (Å²) in [6.07, 6.45) is -3.52. The number of alkyl halides is 3. The van der Waals surface area contributed by atoms with Gasteiger partial charge in [0.2, 0.25) is 11.5 Å². The van der Waals surface area contributed by atoms with Gasteiger partial charge in [0.15, 0.2) is 0 Å². The number of aryl methyl sites for hydroxylation is 1. The number of pyridine rings is 1. The normalized spacial score (nSPS) is 14.2. The molecule has 7 rings (SSSR count). The molecule has 2 amide bonds. The van der Waals surface area contributed by atoms with Crippen molar-refractivity contribution in [3.8, 4) is 16.9 Å². The number of ether oxygens (including phenoxy) is 2. The molecule has 69 heavy (non-hydrogen) atoms. The largest absolute Gasteiger partial charge is 0.542 e. The van der Waals surface area contributed by atoms with Gasteiger partial charge in [-0.3, -0.25) is 14.9 Å². The molecule has 0 unspecified atom stereocenters. The van der Waals surface area contributed by atoms with Gasteiger partial charge in [-0.15, -0.1) is 0 Å². The number of carboxylic acids is 1. The highest BCUT2D eigenvalue weighted by molar-refractivity contribution is 5.93. The van der Waals surface area contributed by atoms with Crippen molar-refractivity contribution in [3.63, 3.8) is 0 Å². The predicted octanol–water partition coefficient (Wildman–Crippen LogP) is 8.08. The number of H-pyrrole nitrogens is 1. The number of likely N-dealkylation sites (tertiary alicyclic amines) is 1. The number of amides is 2. The first-order valence-corrected chi connectivity index (χ1v) is 22.6. The van der Waals surface area contributed by atoms with Crippen LogP contribution in [-0.4, -0.2) is 84.1 Å². The number of aliphatic hydroxyl groups excluding tert-OH is 1. The van der Waals surface area contributed by atoms with Crippen molar-refractivity contribution in [1.82, 2.24) is 10.3 Å². The monoisotopic (exact) mass is 949 g/mol. The number of anilines is 2. The van der Waals surface area contributed by atoms with Gasteiger partial charge in [-0.2, -0.15) is 13.2 Å². The Balaban J connectivity index is 0.00000104. The molecule has 13 nitrogen and oxygen atoms in total. The average molecular weight is 950 g/mol. The molecular formula is C53H58F3N5O8. The first-order valence-electron chi connectivity index (χ1n) is 22.6. The first-order chi connectivity index (χ1) is 32.7. The lowest BCUT2D eigenvalue weighted by Gasteiger charge is -2.36. The van der Waals surface area contributed by atoms with Crippen LogP contribution in [0.2, 0.25) is 0 Å². The van der Waals surface area contributed by atoms with Crippen LogP contribution in [0.4, 0.5) is 29.3 Å². The molecule has 0 saturated carbocycles. The highest BCUT2D eigenvalue weighted by Gasteiger charge is 2.30. The van der Waals surface area contributed by atoms with Crippen LogP contribution < -0.4 is 31.4 Å². The summed E-state index contributed by atoms with van der Waals surface area (Å²) < 4.78 is 44.4. The molecular weight excluding hydrogens is 892 g/mol. The Morgan fingerprint density at radius 3 is 2.12 bits per heavy atom. The minimum Gasteiger partial charge on any atom is -0.542 e. The number of aromatic nitrogens is 1. The van der Waals surface area contributed by atoms with Gasteiger partial charge >= 0.3 is 12.3 Å². The topological polar surface area (TPSA) is 182 Å². The second-order valence-electron chi connectivity index (χ2n) is 18.4. The summed E-state index contributed by atoms with van der Waals surface area (Å²) in [5, 5.41) is 30.4. The third-order valence-electron chi connectivity index (χ3n) is 11.8. The number of halogens is 3. The molecule has 1 aliphatic heterocycles. The molecule has 5 N–H and O–H groups in total. The smallest absolute Gasteiger partial charge is 0.430 e. The van der Waals surface area contributed by atoms with E-state index in [4.69, 9.17) is 19.4 Å². The SMILES string of the molecule is CC(C)(Cc1ccc(NC(=O)CCc2ccc(-c3ccccc3)c(NC(=O)OC3CC[N+](C)(C)CC3)c2)cc1)NC[C@H](O)c1ccc(OCc2ccccc2)c2[nH]c(=O)ccc12.O=C([O-])C(F)(F)F. The lowest BCUT2D eigenvalue weighted by atomic mass is 9.94. The third kappa shape index (κ3) is 15.5. The molecule has 6 aromatic rings. The molecule has 2 heterocycles. The van der Waals surface area contributed by atoms with Crippen molar-refractivity contribution in [2.75, 3.05) is 44.4 Å². The van der Waals surface area contributed by atoms with Crippen molar-refractivity contribution >= 4 is 40.2 Å². The Bertz CT molecular complexity index is 2740. The molecule has 1 aliphatic rings. The standard InChI is InChI=1S/C51H57N5O6.C2HF3O2/c1-51(2,52-33-45(57)42-22-24-46(49-43(42)23-26-48(59)55-49)61-34-37-11-7-5-8-12-37)32-36-15-19-39(20-16-36)53-47(58)25-18-35-17-21-41(38-13-9-6-10-14-38)44(31-35)54-50(60)62-40-27-29-56(3,4)30-28-40;3-2(4,5)1(6)7/h5-17,19-24,26,31,40,45,52,57H,18,25,27-30,32-34H2,1-4H3,(H2-,53,54,55,58,59,60);(H,6,7)/t45-;/m0./s1. The zero-order valence-electron chi connectivity index (χ0n) is 39.0. The van der Waals surface area contributed by atoms with E-state index in [1.807, 2.05) is 109 Å². The minimum atomic E-state index is -5.19. The number of quaternary nitrogens is 1. The number of carboxylic acid groups (broad SMARTS) is 1. The Morgan fingerprint density at radius 1 is 0.826 bits per heavy atom. The van der Waals surface area contributed by atoms with E-state index >= 15 is 0 Å². The lowest BCUT2D eigenvalue weighted by molar-refractivity contribution is -0.896. The summed E-state index contributed by atoms with van der Waals surface area (Å²) in [7, 11) is 4.39. The molecule has 1 aromatic heterocycles. The summed E-state index contributed by atoms with van der Waals surface area (Å²) in [6.45, 7) is 6.73. The van der Waals surface area contributed by atoms with Gasteiger partial charge in [0.1, 0.15) is 24.4 Å². The zero-order valence-corrected chi connectivity index (χ0v) is 39.0. The number of fused-ring (bicyclic) bond motifs is 1. The Hall–Kier alpha value is -7.01.